The minimum atomic E-state index is -4.89. The summed E-state index contributed by atoms with van der Waals surface area (Å²) in [5.74, 6) is -2.78. The molecule has 1 aromatic carbocycles. The van der Waals surface area contributed by atoms with Crippen LogP contribution in [-0.4, -0.2) is 53.0 Å². The number of benzene rings is 1. The van der Waals surface area contributed by atoms with Crippen LogP contribution in [-0.2, 0) is 9.59 Å². The van der Waals surface area contributed by atoms with Gasteiger partial charge in [0.2, 0.25) is 12.1 Å². The number of carboxylic acid groups (broad SMARTS) is 1. The number of nitrogens with two attached hydrogens (primary N) is 1. The van der Waals surface area contributed by atoms with E-state index < -0.39 is 35.8 Å². The van der Waals surface area contributed by atoms with Crippen molar-refractivity contribution in [2.75, 3.05) is 6.54 Å². The van der Waals surface area contributed by atoms with Crippen molar-refractivity contribution in [1.82, 2.24) is 10.6 Å². The van der Waals surface area contributed by atoms with Gasteiger partial charge in [0.05, 0.1) is 5.57 Å². The van der Waals surface area contributed by atoms with E-state index in [1.165, 1.54) is 6.07 Å². The van der Waals surface area contributed by atoms with Gasteiger partial charge in [-0.1, -0.05) is 21.1 Å². The van der Waals surface area contributed by atoms with E-state index in [0.29, 0.717) is 22.9 Å². The number of amides is 1. The third-order valence-electron chi connectivity index (χ3n) is 4.59. The van der Waals surface area contributed by atoms with E-state index in [1.807, 2.05) is 0 Å². The van der Waals surface area contributed by atoms with Crippen LogP contribution >= 0.6 is 15.9 Å². The predicted octanol–water partition coefficient (Wildman–Crippen LogP) is 2.50. The van der Waals surface area contributed by atoms with Gasteiger partial charge in [-0.25, -0.2) is 4.79 Å². The van der Waals surface area contributed by atoms with Gasteiger partial charge in [-0.2, -0.15) is 13.2 Å². The van der Waals surface area contributed by atoms with E-state index in [9.17, 15) is 27.9 Å². The van der Waals surface area contributed by atoms with Crippen LogP contribution in [0, 0.1) is 6.92 Å². The van der Waals surface area contributed by atoms with Gasteiger partial charge in [0, 0.05) is 16.6 Å². The van der Waals surface area contributed by atoms with Crippen LogP contribution < -0.4 is 21.1 Å². The normalized spacial score (nSPS) is 17.0. The zero-order valence-electron chi connectivity index (χ0n) is 16.9. The molecule has 6 N–H and O–H groups in total. The molecular weight excluding hydrogens is 501 g/mol. The molecule has 0 bridgehead atoms. The van der Waals surface area contributed by atoms with Crippen molar-refractivity contribution in [3.63, 3.8) is 0 Å². The first-order valence-corrected chi connectivity index (χ1v) is 10.2. The second-order valence-electron chi connectivity index (χ2n) is 7.05. The number of aryl methyl sites for hydroxylation is 1. The van der Waals surface area contributed by atoms with Gasteiger partial charge in [0.15, 0.2) is 0 Å². The fraction of sp³-hybridized carbons (Fsp3) is 0.421. The molecule has 0 saturated carbocycles. The van der Waals surface area contributed by atoms with Gasteiger partial charge in [0.1, 0.15) is 11.8 Å². The summed E-state index contributed by atoms with van der Waals surface area (Å²) < 4.78 is 46.6. The van der Waals surface area contributed by atoms with Crippen molar-refractivity contribution in [2.24, 2.45) is 10.9 Å². The Bertz CT molecular complexity index is 936. The number of oxime groups is 1. The first-order chi connectivity index (χ1) is 14.9. The van der Waals surface area contributed by atoms with Crippen LogP contribution in [0.25, 0.3) is 6.08 Å². The van der Waals surface area contributed by atoms with Crippen LogP contribution in [0.3, 0.4) is 0 Å². The molecule has 1 aromatic rings. The number of unbranched alkanes of at least 4 members (excludes halogenated alkanes) is 1. The summed E-state index contributed by atoms with van der Waals surface area (Å²) in [5.41, 5.74) is 5.22. The number of hydrogen-bond donors (Lipinski definition) is 5. The molecule has 0 fully saturated rings. The van der Waals surface area contributed by atoms with Crippen LogP contribution in [0.1, 0.15) is 30.4 Å². The Morgan fingerprint density at radius 2 is 2.03 bits per heavy atom. The molecular formula is C19H22BrF3N4O5. The summed E-state index contributed by atoms with van der Waals surface area (Å²) in [6.07, 6.45) is -5.69. The standard InChI is InChI=1S/C19H22BrF3N4O5/c1-9-6-11(20)7-10-8-12(15(19(21,22)23)32-14(9)10)16(28)26-13(17(29)30)4-2-3-5-25-18(24)27-31/h6-8,13,15,31H,2-5H2,1H3,(H,26,28)(H,29,30)(H3,24,25,27)/t13?,15-/m0/s1. The fourth-order valence-electron chi connectivity index (χ4n) is 3.10. The lowest BCUT2D eigenvalue weighted by atomic mass is 9.98. The van der Waals surface area contributed by atoms with Crippen LogP contribution in [0.5, 0.6) is 5.75 Å². The molecule has 0 radical (unpaired) electrons. The van der Waals surface area contributed by atoms with E-state index in [1.54, 1.807) is 13.0 Å². The molecule has 2 rings (SSSR count). The largest absolute Gasteiger partial charge is 0.480 e. The summed E-state index contributed by atoms with van der Waals surface area (Å²) in [6, 6.07) is 1.68. The molecule has 1 amide bonds. The second-order valence-corrected chi connectivity index (χ2v) is 7.97. The zero-order valence-corrected chi connectivity index (χ0v) is 18.5. The maximum absolute atomic E-state index is 13.6. The molecule has 1 aliphatic rings. The van der Waals surface area contributed by atoms with E-state index in [2.05, 4.69) is 31.7 Å². The number of carboxylic acids is 1. The lowest BCUT2D eigenvalue weighted by Gasteiger charge is -2.30. The number of fused-ring (bicyclic) bond motifs is 1. The number of alkyl halides is 3. The topological polar surface area (TPSA) is 146 Å². The highest BCUT2D eigenvalue weighted by Gasteiger charge is 2.48. The summed E-state index contributed by atoms with van der Waals surface area (Å²) in [7, 11) is 0. The molecule has 0 aliphatic carbocycles. The van der Waals surface area contributed by atoms with Gasteiger partial charge < -0.3 is 31.4 Å². The monoisotopic (exact) mass is 522 g/mol. The van der Waals surface area contributed by atoms with E-state index in [4.69, 9.17) is 15.7 Å². The molecule has 0 aromatic heterocycles. The van der Waals surface area contributed by atoms with Crippen LogP contribution in [0.4, 0.5) is 13.2 Å². The van der Waals surface area contributed by atoms with Crippen molar-refractivity contribution in [2.45, 2.75) is 44.5 Å². The van der Waals surface area contributed by atoms with Crippen molar-refractivity contribution in [1.29, 1.82) is 0 Å². The van der Waals surface area contributed by atoms with Gasteiger partial charge in [-0.15, -0.1) is 0 Å². The predicted molar refractivity (Wildman–Crippen MR) is 112 cm³/mol. The van der Waals surface area contributed by atoms with Crippen molar-refractivity contribution < 1.29 is 37.8 Å². The van der Waals surface area contributed by atoms with Gasteiger partial charge in [-0.3, -0.25) is 4.79 Å². The molecule has 1 unspecified atom stereocenters. The maximum Gasteiger partial charge on any atom is 0.429 e. The summed E-state index contributed by atoms with van der Waals surface area (Å²) in [5, 5.41) is 25.2. The Balaban J connectivity index is 2.17. The average Bonchev–Trinajstić information content (AvgIpc) is 2.70. The highest BCUT2D eigenvalue weighted by atomic mass is 79.9. The number of nitrogens with one attached hydrogen (secondary N) is 2. The number of carbonyl (C=O) groups is 2. The van der Waals surface area contributed by atoms with Crippen molar-refractivity contribution in [3.8, 4) is 5.75 Å². The summed E-state index contributed by atoms with van der Waals surface area (Å²) >= 11 is 3.25. The number of carbonyl (C=O) groups excluding carboxylic acids is 1. The van der Waals surface area contributed by atoms with E-state index in [0.717, 1.165) is 6.08 Å². The first-order valence-electron chi connectivity index (χ1n) is 9.44. The maximum atomic E-state index is 13.6. The Kier molecular flexibility index (Phi) is 8.36. The Hall–Kier alpha value is -2.96. The number of aliphatic carboxylic acids is 1. The summed E-state index contributed by atoms with van der Waals surface area (Å²) in [4.78, 5) is 24.2. The van der Waals surface area contributed by atoms with Crippen molar-refractivity contribution in [3.05, 3.63) is 33.3 Å². The molecule has 0 spiro atoms. The van der Waals surface area contributed by atoms with E-state index >= 15 is 0 Å². The van der Waals surface area contributed by atoms with Crippen LogP contribution in [0.15, 0.2) is 27.3 Å². The second kappa shape index (κ2) is 10.6. The molecule has 2 atom stereocenters. The molecule has 1 heterocycles. The molecule has 0 saturated heterocycles. The Labute approximate surface area is 189 Å². The van der Waals surface area contributed by atoms with Gasteiger partial charge in [-0.05, 0) is 50.0 Å². The molecule has 9 nitrogen and oxygen atoms in total. The molecule has 13 heteroatoms. The smallest absolute Gasteiger partial charge is 0.429 e. The zero-order chi connectivity index (χ0) is 24.1. The number of guanidine groups is 1. The molecule has 32 heavy (non-hydrogen) atoms. The lowest BCUT2D eigenvalue weighted by Crippen LogP contribution is -2.47. The highest BCUT2D eigenvalue weighted by molar-refractivity contribution is 9.10. The number of rotatable bonds is 8. The SMILES string of the molecule is Cc1cc(Br)cc2c1O[C@H](C(F)(F)F)C(C(=O)NC(CCCCN/C(N)=N\O)C(=O)O)=C2. The van der Waals surface area contributed by atoms with Crippen molar-refractivity contribution >= 4 is 39.8 Å². The quantitative estimate of drug-likeness (QED) is 0.116. The third kappa shape index (κ3) is 6.52. The lowest BCUT2D eigenvalue weighted by molar-refractivity contribution is -0.185. The van der Waals surface area contributed by atoms with E-state index in [-0.39, 0.29) is 30.2 Å². The highest BCUT2D eigenvalue weighted by Crippen LogP contribution is 2.40. The number of ether oxygens (including phenoxy) is 1. The van der Waals surface area contributed by atoms with Gasteiger partial charge >= 0.3 is 12.1 Å². The molecule has 176 valence electrons. The Morgan fingerprint density at radius 1 is 1.34 bits per heavy atom. The number of nitrogens with zero attached hydrogens (tertiary/aromatic N) is 1. The fourth-order valence-corrected chi connectivity index (χ4v) is 3.69. The molecule has 1 aliphatic heterocycles. The third-order valence-corrected chi connectivity index (χ3v) is 5.05. The number of halogens is 4. The average molecular weight is 523 g/mol. The summed E-state index contributed by atoms with van der Waals surface area (Å²) in [6.45, 7) is 1.85. The minimum absolute atomic E-state index is 0.0000475. The Morgan fingerprint density at radius 3 is 2.62 bits per heavy atom. The number of hydrogen-bond acceptors (Lipinski definition) is 5. The first kappa shape index (κ1) is 25.3. The minimum Gasteiger partial charge on any atom is -0.480 e. The van der Waals surface area contributed by atoms with Crippen LogP contribution in [0.2, 0.25) is 0 Å². The van der Waals surface area contributed by atoms with Gasteiger partial charge in [0.25, 0.3) is 5.91 Å².